The van der Waals surface area contributed by atoms with Crippen molar-refractivity contribution in [3.05, 3.63) is 66.0 Å². The van der Waals surface area contributed by atoms with Crippen LogP contribution in [0.3, 0.4) is 0 Å². The summed E-state index contributed by atoms with van der Waals surface area (Å²) in [5.74, 6) is 1.52. The number of rotatable bonds is 12. The van der Waals surface area contributed by atoms with Gasteiger partial charge in [0.1, 0.15) is 5.75 Å². The van der Waals surface area contributed by atoms with Gasteiger partial charge in [-0.25, -0.2) is 0 Å². The number of aromatic nitrogens is 3. The predicted molar refractivity (Wildman–Crippen MR) is 168 cm³/mol. The van der Waals surface area contributed by atoms with Gasteiger partial charge in [0.05, 0.1) is 33.1 Å². The molecule has 0 unspecified atom stereocenters. The van der Waals surface area contributed by atoms with Crippen LogP contribution in [-0.2, 0) is 28.9 Å². The van der Waals surface area contributed by atoms with Gasteiger partial charge in [0.25, 0.3) is 0 Å². The summed E-state index contributed by atoms with van der Waals surface area (Å²) in [5, 5.41) is 19.2. The van der Waals surface area contributed by atoms with Crippen molar-refractivity contribution < 1.29 is 19.4 Å². The lowest BCUT2D eigenvalue weighted by atomic mass is 9.95. The molecule has 2 aromatic carbocycles. The molecule has 0 spiro atoms. The van der Waals surface area contributed by atoms with Gasteiger partial charge in [-0.1, -0.05) is 54.7 Å². The van der Waals surface area contributed by atoms with Crippen molar-refractivity contribution in [1.29, 1.82) is 0 Å². The van der Waals surface area contributed by atoms with E-state index in [1.165, 1.54) is 10.8 Å². The number of piperidine rings is 1. The van der Waals surface area contributed by atoms with Gasteiger partial charge in [0.15, 0.2) is 0 Å². The average molecular weight is 591 g/mol. The van der Waals surface area contributed by atoms with Crippen LogP contribution in [0.15, 0.2) is 54.7 Å². The van der Waals surface area contributed by atoms with Gasteiger partial charge in [-0.05, 0) is 73.4 Å². The van der Waals surface area contributed by atoms with Gasteiger partial charge < -0.3 is 19.5 Å². The van der Waals surface area contributed by atoms with Crippen LogP contribution >= 0.6 is 0 Å². The van der Waals surface area contributed by atoms with Crippen LogP contribution in [-0.4, -0.2) is 66.6 Å². The number of ether oxygens (including phenoxy) is 2. The van der Waals surface area contributed by atoms with E-state index in [0.29, 0.717) is 24.3 Å². The molecule has 9 heteroatoms. The molecule has 1 N–H and O–H groups in total. The van der Waals surface area contributed by atoms with Crippen LogP contribution in [0.2, 0.25) is 18.6 Å². The first-order valence-electron chi connectivity index (χ1n) is 15.5. The van der Waals surface area contributed by atoms with Crippen molar-refractivity contribution in [2.24, 2.45) is 5.92 Å². The highest BCUT2D eigenvalue weighted by molar-refractivity contribution is 6.91. The minimum Gasteiger partial charge on any atom is -0.497 e. The monoisotopic (exact) mass is 590 g/mol. The van der Waals surface area contributed by atoms with Crippen molar-refractivity contribution >= 4 is 24.9 Å². The zero-order valence-corrected chi connectivity index (χ0v) is 26.5. The summed E-state index contributed by atoms with van der Waals surface area (Å²) in [4.78, 5) is 14.5. The van der Waals surface area contributed by atoms with Crippen molar-refractivity contribution in [1.82, 2.24) is 15.0 Å². The van der Waals surface area contributed by atoms with Crippen molar-refractivity contribution in [2.75, 3.05) is 25.2 Å². The molecule has 3 heterocycles. The Labute approximate surface area is 251 Å². The molecule has 2 saturated heterocycles. The van der Waals surface area contributed by atoms with Gasteiger partial charge in [0, 0.05) is 44.4 Å². The molecule has 1 amide bonds. The van der Waals surface area contributed by atoms with E-state index in [1.807, 2.05) is 15.8 Å². The molecule has 3 aromatic rings. The number of carbonyl (C=O) groups excluding carboxylic acids is 1. The highest BCUT2D eigenvalue weighted by Crippen LogP contribution is 2.46. The van der Waals surface area contributed by atoms with E-state index in [4.69, 9.17) is 9.47 Å². The van der Waals surface area contributed by atoms with E-state index in [0.717, 1.165) is 62.3 Å². The fourth-order valence-electron chi connectivity index (χ4n) is 7.12. The van der Waals surface area contributed by atoms with E-state index in [-0.39, 0.29) is 24.7 Å². The second kappa shape index (κ2) is 13.5. The highest BCUT2D eigenvalue weighted by Gasteiger charge is 2.50. The second-order valence-corrected chi connectivity index (χ2v) is 17.2. The topological polar surface area (TPSA) is 89.7 Å². The van der Waals surface area contributed by atoms with Crippen molar-refractivity contribution in [3.63, 3.8) is 0 Å². The Bertz CT molecular complexity index is 1330. The van der Waals surface area contributed by atoms with Gasteiger partial charge in [-0.3, -0.25) is 9.48 Å². The SMILES string of the molecule is COc1ccc([Si](C)(C)[C@H]2[C@H](C)[C@H](CCc3cccc(N4CCCCC4=O)c3)O[C@@H]2CCn2cc(CCO)nn2)cc1. The third kappa shape index (κ3) is 6.79. The first-order valence-corrected chi connectivity index (χ1v) is 18.6. The molecule has 8 nitrogen and oxygen atoms in total. The molecule has 42 heavy (non-hydrogen) atoms. The minimum absolute atomic E-state index is 0.0740. The number of benzene rings is 2. The number of aliphatic hydroxyl groups excluding tert-OH is 1. The number of hydrogen-bond donors (Lipinski definition) is 1. The molecule has 2 aliphatic rings. The number of carbonyl (C=O) groups is 1. The number of hydrogen-bond acceptors (Lipinski definition) is 6. The summed E-state index contributed by atoms with van der Waals surface area (Å²) in [6.45, 7) is 8.95. The van der Waals surface area contributed by atoms with E-state index < -0.39 is 8.07 Å². The summed E-state index contributed by atoms with van der Waals surface area (Å²) in [7, 11) is -0.237. The number of aryl methyl sites for hydroxylation is 2. The Balaban J connectivity index is 1.32. The Morgan fingerprint density at radius 1 is 1.07 bits per heavy atom. The Morgan fingerprint density at radius 3 is 2.62 bits per heavy atom. The molecule has 4 atom stereocenters. The summed E-state index contributed by atoms with van der Waals surface area (Å²) >= 11 is 0. The number of amides is 1. The summed E-state index contributed by atoms with van der Waals surface area (Å²) in [6.07, 6.45) is 8.17. The lowest BCUT2D eigenvalue weighted by molar-refractivity contribution is -0.119. The van der Waals surface area contributed by atoms with E-state index in [9.17, 15) is 9.90 Å². The molecule has 2 aliphatic heterocycles. The maximum absolute atomic E-state index is 12.5. The van der Waals surface area contributed by atoms with Crippen LogP contribution in [0.4, 0.5) is 5.69 Å². The largest absolute Gasteiger partial charge is 0.497 e. The quantitative estimate of drug-likeness (QED) is 0.306. The minimum atomic E-state index is -1.95. The number of anilines is 1. The molecule has 2 fully saturated rings. The van der Waals surface area contributed by atoms with Crippen LogP contribution in [0.25, 0.3) is 0 Å². The second-order valence-electron chi connectivity index (χ2n) is 12.5. The molecular weight excluding hydrogens is 544 g/mol. The molecular formula is C33H46N4O4Si. The molecule has 1 aromatic heterocycles. The van der Waals surface area contributed by atoms with E-state index in [1.54, 1.807) is 7.11 Å². The third-order valence-electron chi connectivity index (χ3n) is 9.43. The van der Waals surface area contributed by atoms with Crippen LogP contribution < -0.4 is 14.8 Å². The highest BCUT2D eigenvalue weighted by atomic mass is 28.3. The number of methoxy groups -OCH3 is 1. The van der Waals surface area contributed by atoms with Crippen molar-refractivity contribution in [2.45, 2.75) is 89.3 Å². The van der Waals surface area contributed by atoms with Gasteiger partial charge in [-0.15, -0.1) is 5.10 Å². The third-order valence-corrected chi connectivity index (χ3v) is 13.8. The molecule has 0 aliphatic carbocycles. The maximum atomic E-state index is 12.5. The first-order chi connectivity index (χ1) is 20.3. The summed E-state index contributed by atoms with van der Waals surface area (Å²) in [5.41, 5.74) is 3.53. The summed E-state index contributed by atoms with van der Waals surface area (Å²) in [6, 6.07) is 17.2. The molecule has 0 radical (unpaired) electrons. The lowest BCUT2D eigenvalue weighted by Crippen LogP contribution is -2.50. The Hall–Kier alpha value is -3.01. The zero-order valence-electron chi connectivity index (χ0n) is 25.5. The van der Waals surface area contributed by atoms with E-state index >= 15 is 0 Å². The summed E-state index contributed by atoms with van der Waals surface area (Å²) < 4.78 is 14.3. The maximum Gasteiger partial charge on any atom is 0.226 e. The molecule has 5 rings (SSSR count). The molecule has 226 valence electrons. The molecule has 0 bridgehead atoms. The first kappa shape index (κ1) is 30.4. The average Bonchev–Trinajstić information content (AvgIpc) is 3.59. The Kier molecular flexibility index (Phi) is 9.80. The number of nitrogens with zero attached hydrogens (tertiary/aromatic N) is 4. The zero-order chi connectivity index (χ0) is 29.7. The van der Waals surface area contributed by atoms with Crippen LogP contribution in [0.5, 0.6) is 5.75 Å². The van der Waals surface area contributed by atoms with Gasteiger partial charge in [0.2, 0.25) is 5.91 Å². The van der Waals surface area contributed by atoms with E-state index in [2.05, 4.69) is 78.9 Å². The standard InChI is InChI=1S/C33H46N4O4Si/c1-24-30(16-11-25-8-7-9-27(22-25)37-19-6-5-10-32(37)39)41-31(17-20-36-23-26(18-21-38)34-35-36)33(24)42(3,4)29-14-12-28(40-2)13-15-29/h7-9,12-15,22-24,30-31,33,38H,5-6,10-11,16-21H2,1-4H3/t24-,30+,31-,33+/m1/s1. The van der Waals surface area contributed by atoms with Gasteiger partial charge in [-0.2, -0.15) is 0 Å². The fourth-order valence-corrected chi connectivity index (χ4v) is 11.2. The number of aliphatic hydroxyl groups is 1. The fraction of sp³-hybridized carbons (Fsp3) is 0.545. The Morgan fingerprint density at radius 2 is 1.88 bits per heavy atom. The molecule has 0 saturated carbocycles. The lowest BCUT2D eigenvalue weighted by Gasteiger charge is -2.36. The van der Waals surface area contributed by atoms with Crippen LogP contribution in [0.1, 0.15) is 50.3 Å². The van der Waals surface area contributed by atoms with Gasteiger partial charge >= 0.3 is 0 Å². The van der Waals surface area contributed by atoms with Crippen LogP contribution in [0, 0.1) is 5.92 Å². The predicted octanol–water partition coefficient (Wildman–Crippen LogP) is 4.75. The normalized spacial score (nSPS) is 23.0. The van der Waals surface area contributed by atoms with Crippen molar-refractivity contribution in [3.8, 4) is 5.75 Å². The smallest absolute Gasteiger partial charge is 0.226 e.